The predicted octanol–water partition coefficient (Wildman–Crippen LogP) is 0.112. The minimum atomic E-state index is -1.40. The zero-order valence-corrected chi connectivity index (χ0v) is 12.0. The van der Waals surface area contributed by atoms with Crippen molar-refractivity contribution in [3.8, 4) is 0 Å². The Balaban J connectivity index is 2.33. The fourth-order valence-corrected chi connectivity index (χ4v) is 2.13. The number of carboxylic acid groups (broad SMARTS) is 1. The largest absolute Gasteiger partial charge is 0.505 e. The lowest BCUT2D eigenvalue weighted by atomic mass is 9.92. The minimum Gasteiger partial charge on any atom is -0.505 e. The van der Waals surface area contributed by atoms with Crippen molar-refractivity contribution in [1.82, 2.24) is 5.32 Å². The first kappa shape index (κ1) is 16.4. The summed E-state index contributed by atoms with van der Waals surface area (Å²) in [5, 5.41) is 30.5. The van der Waals surface area contributed by atoms with Crippen molar-refractivity contribution in [3.63, 3.8) is 0 Å². The second kappa shape index (κ2) is 6.89. The van der Waals surface area contributed by atoms with Crippen molar-refractivity contribution in [1.29, 1.82) is 0 Å². The molecule has 0 fully saturated rings. The Bertz CT molecular complexity index is 705. The number of nitrogens with one attached hydrogen (secondary N) is 1. The van der Waals surface area contributed by atoms with Crippen LogP contribution in [-0.2, 0) is 20.8 Å². The van der Waals surface area contributed by atoms with Gasteiger partial charge in [-0.05, 0) is 5.56 Å². The van der Waals surface area contributed by atoms with Gasteiger partial charge in [0.25, 0.3) is 0 Å². The van der Waals surface area contributed by atoms with Gasteiger partial charge in [0, 0.05) is 12.5 Å². The van der Waals surface area contributed by atoms with Crippen molar-refractivity contribution >= 4 is 17.5 Å². The maximum atomic E-state index is 12.0. The molecule has 0 unspecified atom stereocenters. The molecular weight excluding hydrogens is 302 g/mol. The Labute approximate surface area is 131 Å². The average Bonchev–Trinajstić information content (AvgIpc) is 2.54. The van der Waals surface area contributed by atoms with Gasteiger partial charge in [-0.2, -0.15) is 0 Å². The van der Waals surface area contributed by atoms with E-state index in [1.807, 2.05) is 0 Å². The molecule has 0 bridgehead atoms. The summed E-state index contributed by atoms with van der Waals surface area (Å²) in [4.78, 5) is 34.7. The van der Waals surface area contributed by atoms with Gasteiger partial charge < -0.3 is 20.6 Å². The molecule has 7 nitrogen and oxygen atoms in total. The van der Waals surface area contributed by atoms with E-state index in [4.69, 9.17) is 10.2 Å². The highest BCUT2D eigenvalue weighted by Gasteiger charge is 2.30. The molecule has 0 amide bonds. The Morgan fingerprint density at radius 3 is 2.39 bits per heavy atom. The van der Waals surface area contributed by atoms with Crippen molar-refractivity contribution in [2.75, 3.05) is 6.61 Å². The highest BCUT2D eigenvalue weighted by Crippen LogP contribution is 2.21. The van der Waals surface area contributed by atoms with Crippen LogP contribution in [0.25, 0.3) is 0 Å². The van der Waals surface area contributed by atoms with Crippen molar-refractivity contribution < 1.29 is 29.7 Å². The van der Waals surface area contributed by atoms with Gasteiger partial charge in [0.1, 0.15) is 11.8 Å². The van der Waals surface area contributed by atoms with E-state index in [0.717, 1.165) is 6.08 Å². The molecule has 1 aliphatic rings. The molecule has 1 aromatic carbocycles. The summed E-state index contributed by atoms with van der Waals surface area (Å²) < 4.78 is 0. The molecule has 0 spiro atoms. The van der Waals surface area contributed by atoms with Crippen molar-refractivity contribution in [2.45, 2.75) is 12.5 Å². The SMILES string of the molecule is O=C1C=C(N[C@@H](CO)C(=O)O)C(O)=C(Cc2ccccc2)C1=O. The smallest absolute Gasteiger partial charge is 0.328 e. The quantitative estimate of drug-likeness (QED) is 0.433. The first-order chi connectivity index (χ1) is 10.9. The second-order valence-electron chi connectivity index (χ2n) is 4.96. The average molecular weight is 317 g/mol. The van der Waals surface area contributed by atoms with E-state index in [1.165, 1.54) is 0 Å². The van der Waals surface area contributed by atoms with E-state index in [1.54, 1.807) is 30.3 Å². The van der Waals surface area contributed by atoms with E-state index >= 15 is 0 Å². The summed E-state index contributed by atoms with van der Waals surface area (Å²) in [6.07, 6.45) is 0.866. The summed E-state index contributed by atoms with van der Waals surface area (Å²) in [5.74, 6) is -3.54. The molecule has 120 valence electrons. The number of carbonyl (C=O) groups excluding carboxylic acids is 2. The summed E-state index contributed by atoms with van der Waals surface area (Å²) in [7, 11) is 0. The van der Waals surface area contributed by atoms with Gasteiger partial charge >= 0.3 is 5.97 Å². The number of aliphatic hydroxyl groups is 2. The number of rotatable bonds is 6. The number of allylic oxidation sites excluding steroid dienone is 2. The predicted molar refractivity (Wildman–Crippen MR) is 79.5 cm³/mol. The summed E-state index contributed by atoms with van der Waals surface area (Å²) >= 11 is 0. The van der Waals surface area contributed by atoms with Crippen LogP contribution in [0.2, 0.25) is 0 Å². The van der Waals surface area contributed by atoms with Crippen LogP contribution in [0.3, 0.4) is 0 Å². The van der Waals surface area contributed by atoms with Crippen molar-refractivity contribution in [2.24, 2.45) is 0 Å². The molecule has 2 rings (SSSR count). The number of benzene rings is 1. The molecule has 0 aliphatic heterocycles. The molecule has 1 atom stereocenters. The van der Waals surface area contributed by atoms with Crippen LogP contribution in [0, 0.1) is 0 Å². The third-order valence-corrected chi connectivity index (χ3v) is 3.35. The zero-order chi connectivity index (χ0) is 17.0. The van der Waals surface area contributed by atoms with Gasteiger partial charge in [0.15, 0.2) is 0 Å². The molecule has 7 heteroatoms. The van der Waals surface area contributed by atoms with Crippen LogP contribution < -0.4 is 5.32 Å². The van der Waals surface area contributed by atoms with Gasteiger partial charge in [-0.25, -0.2) is 4.79 Å². The maximum Gasteiger partial charge on any atom is 0.328 e. The maximum absolute atomic E-state index is 12.0. The molecule has 0 saturated carbocycles. The monoisotopic (exact) mass is 317 g/mol. The van der Waals surface area contributed by atoms with Gasteiger partial charge in [0.2, 0.25) is 11.6 Å². The number of carboxylic acids is 1. The number of hydrogen-bond donors (Lipinski definition) is 4. The third kappa shape index (κ3) is 3.64. The van der Waals surface area contributed by atoms with Gasteiger partial charge in [0.05, 0.1) is 17.9 Å². The summed E-state index contributed by atoms with van der Waals surface area (Å²) in [5.41, 5.74) is 0.406. The van der Waals surface area contributed by atoms with E-state index in [-0.39, 0.29) is 17.7 Å². The molecule has 1 aromatic rings. The normalized spacial score (nSPS) is 16.1. The number of carbonyl (C=O) groups is 3. The Hall–Kier alpha value is -2.93. The lowest BCUT2D eigenvalue weighted by Crippen LogP contribution is -2.41. The third-order valence-electron chi connectivity index (χ3n) is 3.35. The highest BCUT2D eigenvalue weighted by atomic mass is 16.4. The van der Waals surface area contributed by atoms with E-state index in [2.05, 4.69) is 5.32 Å². The van der Waals surface area contributed by atoms with Crippen molar-refractivity contribution in [3.05, 3.63) is 59.0 Å². The standard InChI is InChI=1S/C16H15NO6/c18-8-12(16(22)23)17-11-7-13(19)15(21)10(14(11)20)6-9-4-2-1-3-5-9/h1-5,7,12,17-18,20H,6,8H2,(H,22,23)/t12-/m0/s1. The van der Waals surface area contributed by atoms with Crippen LogP contribution in [0.1, 0.15) is 5.56 Å². The lowest BCUT2D eigenvalue weighted by Gasteiger charge is -2.20. The molecule has 0 aromatic heterocycles. The number of ketones is 2. The number of Topliss-reactive ketones (excluding diaryl/α,β-unsaturated/α-hetero) is 1. The number of hydrogen-bond acceptors (Lipinski definition) is 6. The van der Waals surface area contributed by atoms with Crippen LogP contribution in [0.15, 0.2) is 53.4 Å². The lowest BCUT2D eigenvalue weighted by molar-refractivity contribution is -0.140. The summed E-state index contributed by atoms with van der Waals surface area (Å²) in [6.45, 7) is -0.740. The molecular formula is C16H15NO6. The van der Waals surface area contributed by atoms with E-state index in [0.29, 0.717) is 5.56 Å². The fourth-order valence-electron chi connectivity index (χ4n) is 2.13. The Kier molecular flexibility index (Phi) is 4.92. The number of aliphatic hydroxyl groups excluding tert-OH is 2. The van der Waals surface area contributed by atoms with Gasteiger partial charge in [-0.15, -0.1) is 0 Å². The Morgan fingerprint density at radius 1 is 1.17 bits per heavy atom. The van der Waals surface area contributed by atoms with Crippen LogP contribution in [-0.4, -0.2) is 45.5 Å². The molecule has 0 heterocycles. The fraction of sp³-hybridized carbons (Fsp3) is 0.188. The van der Waals surface area contributed by atoms with E-state index in [9.17, 15) is 19.5 Å². The van der Waals surface area contributed by atoms with Crippen LogP contribution >= 0.6 is 0 Å². The first-order valence-corrected chi connectivity index (χ1v) is 6.81. The number of aliphatic carboxylic acids is 1. The van der Waals surface area contributed by atoms with Crippen LogP contribution in [0.4, 0.5) is 0 Å². The molecule has 1 aliphatic carbocycles. The first-order valence-electron chi connectivity index (χ1n) is 6.81. The minimum absolute atomic E-state index is 0.0349. The van der Waals surface area contributed by atoms with Gasteiger partial charge in [-0.1, -0.05) is 30.3 Å². The molecule has 0 radical (unpaired) electrons. The topological polar surface area (TPSA) is 124 Å². The Morgan fingerprint density at radius 2 is 1.83 bits per heavy atom. The molecule has 4 N–H and O–H groups in total. The molecule has 23 heavy (non-hydrogen) atoms. The zero-order valence-electron chi connectivity index (χ0n) is 12.0. The van der Waals surface area contributed by atoms with E-state index < -0.39 is 35.9 Å². The second-order valence-corrected chi connectivity index (χ2v) is 4.96. The van der Waals surface area contributed by atoms with Crippen LogP contribution in [0.5, 0.6) is 0 Å². The molecule has 0 saturated heterocycles. The summed E-state index contributed by atoms with van der Waals surface area (Å²) in [6, 6.07) is 7.36. The van der Waals surface area contributed by atoms with Gasteiger partial charge in [-0.3, -0.25) is 9.59 Å². The highest BCUT2D eigenvalue weighted by molar-refractivity contribution is 6.48.